The monoisotopic (exact) mass is 367 g/mol. The van der Waals surface area contributed by atoms with Gasteiger partial charge in [-0.2, -0.15) is 8.75 Å². The van der Waals surface area contributed by atoms with Crippen molar-refractivity contribution in [3.05, 3.63) is 32.3 Å². The fraction of sp³-hybridized carbons (Fsp3) is 0. The van der Waals surface area contributed by atoms with Gasteiger partial charge in [-0.25, -0.2) is 0 Å². The molecule has 0 aliphatic carbocycles. The lowest BCUT2D eigenvalue weighted by molar-refractivity contribution is 1.43. The smallest absolute Gasteiger partial charge is 0.187 e. The number of hydrogen-bond acceptors (Lipinski definition) is 4. The molecule has 3 nitrogen and oxygen atoms in total. The minimum Gasteiger partial charge on any atom is -0.336 e. The third kappa shape index (κ3) is 2.69. The van der Waals surface area contributed by atoms with E-state index in [9.17, 15) is 0 Å². The lowest BCUT2D eigenvalue weighted by Gasteiger charge is -2.05. The van der Waals surface area contributed by atoms with Gasteiger partial charge in [0.1, 0.15) is 0 Å². The lowest BCUT2D eigenvalue weighted by Crippen LogP contribution is -1.92. The van der Waals surface area contributed by atoms with E-state index in [4.69, 9.17) is 11.6 Å². The van der Waals surface area contributed by atoms with E-state index < -0.39 is 0 Å². The van der Waals surface area contributed by atoms with Crippen molar-refractivity contribution in [2.75, 3.05) is 5.32 Å². The highest BCUT2D eigenvalue weighted by atomic mass is 79.9. The predicted molar refractivity (Wildman–Crippen MR) is 70.0 cm³/mol. The van der Waals surface area contributed by atoms with Crippen LogP contribution in [-0.2, 0) is 0 Å². The Bertz CT molecular complexity index is 488. The maximum Gasteiger partial charge on any atom is 0.187 e. The number of nitrogens with zero attached hydrogens (tertiary/aromatic N) is 2. The molecule has 0 amide bonds. The largest absolute Gasteiger partial charge is 0.336 e. The molecule has 1 N–H and O–H groups in total. The van der Waals surface area contributed by atoms with Gasteiger partial charge >= 0.3 is 0 Å². The van der Waals surface area contributed by atoms with Crippen molar-refractivity contribution in [1.29, 1.82) is 0 Å². The Balaban J connectivity index is 2.32. The Labute approximate surface area is 112 Å². The van der Waals surface area contributed by atoms with Crippen molar-refractivity contribution < 1.29 is 0 Å². The molecule has 0 aliphatic heterocycles. The van der Waals surface area contributed by atoms with Crippen molar-refractivity contribution in [3.8, 4) is 0 Å². The number of hydrogen-bond donors (Lipinski definition) is 1. The summed E-state index contributed by atoms with van der Waals surface area (Å²) >= 11 is 13.7. The van der Waals surface area contributed by atoms with Crippen LogP contribution in [0.15, 0.2) is 27.1 Å². The molecule has 0 aliphatic rings. The molecule has 7 heteroatoms. The van der Waals surface area contributed by atoms with E-state index in [1.54, 1.807) is 0 Å². The molecule has 2 aromatic rings. The van der Waals surface area contributed by atoms with Gasteiger partial charge in [0.2, 0.25) is 0 Å². The van der Waals surface area contributed by atoms with Crippen molar-refractivity contribution in [2.24, 2.45) is 0 Å². The van der Waals surface area contributed by atoms with Crippen LogP contribution >= 0.6 is 55.2 Å². The van der Waals surface area contributed by atoms with E-state index in [1.165, 1.54) is 0 Å². The first-order chi connectivity index (χ1) is 7.16. The molecule has 78 valence electrons. The molecule has 1 heterocycles. The van der Waals surface area contributed by atoms with Crippen LogP contribution in [0.2, 0.25) is 5.15 Å². The van der Waals surface area contributed by atoms with Gasteiger partial charge in [-0.3, -0.25) is 0 Å². The Morgan fingerprint density at radius 2 is 2.07 bits per heavy atom. The number of anilines is 2. The average molecular weight is 369 g/mol. The second kappa shape index (κ2) is 4.78. The maximum atomic E-state index is 5.83. The zero-order chi connectivity index (χ0) is 10.8. The molecule has 1 aromatic heterocycles. The van der Waals surface area contributed by atoms with Gasteiger partial charge in [-0.1, -0.05) is 27.5 Å². The third-order valence-electron chi connectivity index (χ3n) is 1.63. The molecule has 2 rings (SSSR count). The van der Waals surface area contributed by atoms with Gasteiger partial charge in [0, 0.05) is 8.95 Å². The Morgan fingerprint density at radius 1 is 1.27 bits per heavy atom. The maximum absolute atomic E-state index is 5.83. The second-order valence-electron chi connectivity index (χ2n) is 2.65. The summed E-state index contributed by atoms with van der Waals surface area (Å²) in [5.74, 6) is 0.570. The third-order valence-corrected chi connectivity index (χ3v) is 3.71. The number of nitrogens with one attached hydrogen (secondary N) is 1. The number of benzene rings is 1. The van der Waals surface area contributed by atoms with Crippen molar-refractivity contribution in [2.45, 2.75) is 0 Å². The van der Waals surface area contributed by atoms with E-state index in [1.807, 2.05) is 18.2 Å². The van der Waals surface area contributed by atoms with E-state index >= 15 is 0 Å². The first-order valence-electron chi connectivity index (χ1n) is 3.87. The zero-order valence-corrected chi connectivity index (χ0v) is 11.9. The first-order valence-corrected chi connectivity index (χ1v) is 6.56. The van der Waals surface area contributed by atoms with E-state index in [0.29, 0.717) is 11.0 Å². The van der Waals surface area contributed by atoms with Gasteiger partial charge in [0.25, 0.3) is 0 Å². The molecule has 0 saturated heterocycles. The van der Waals surface area contributed by atoms with Crippen molar-refractivity contribution in [1.82, 2.24) is 8.75 Å². The van der Waals surface area contributed by atoms with Gasteiger partial charge in [-0.15, -0.1) is 0 Å². The molecule has 0 fully saturated rings. The van der Waals surface area contributed by atoms with Gasteiger partial charge in [0.05, 0.1) is 17.4 Å². The van der Waals surface area contributed by atoms with Gasteiger partial charge in [-0.05, 0) is 34.1 Å². The molecule has 0 spiro atoms. The summed E-state index contributed by atoms with van der Waals surface area (Å²) < 4.78 is 9.82. The number of aromatic nitrogens is 2. The molecule has 0 atom stereocenters. The Kier molecular flexibility index (Phi) is 3.60. The molecular weight excluding hydrogens is 365 g/mol. The summed E-state index contributed by atoms with van der Waals surface area (Å²) in [7, 11) is 0. The summed E-state index contributed by atoms with van der Waals surface area (Å²) in [6.45, 7) is 0. The number of halogens is 3. The van der Waals surface area contributed by atoms with Crippen LogP contribution in [0.4, 0.5) is 11.5 Å². The van der Waals surface area contributed by atoms with Crippen LogP contribution in [0.3, 0.4) is 0 Å². The highest BCUT2D eigenvalue weighted by Gasteiger charge is 2.07. The zero-order valence-electron chi connectivity index (χ0n) is 7.17. The fourth-order valence-electron chi connectivity index (χ4n) is 0.973. The summed E-state index contributed by atoms with van der Waals surface area (Å²) in [4.78, 5) is 0. The lowest BCUT2D eigenvalue weighted by atomic mass is 10.3. The molecule has 0 unspecified atom stereocenters. The molecule has 0 bridgehead atoms. The summed E-state index contributed by atoms with van der Waals surface area (Å²) in [5.41, 5.74) is 0.888. The minimum absolute atomic E-state index is 0.381. The standard InChI is InChI=1S/C8H4Br2ClN3S/c9-4-1-2-5(10)6(3-4)12-8-7(11)13-15-14-8/h1-3H,(H,12,14). The summed E-state index contributed by atoms with van der Waals surface area (Å²) in [6.07, 6.45) is 0. The van der Waals surface area contributed by atoms with Crippen molar-refractivity contribution in [3.63, 3.8) is 0 Å². The Hall–Kier alpha value is -0.170. The van der Waals surface area contributed by atoms with Crippen LogP contribution < -0.4 is 5.32 Å². The molecule has 0 radical (unpaired) electrons. The average Bonchev–Trinajstić information content (AvgIpc) is 2.58. The number of rotatable bonds is 2. The van der Waals surface area contributed by atoms with E-state index in [-0.39, 0.29) is 0 Å². The van der Waals surface area contributed by atoms with Gasteiger partial charge in [0.15, 0.2) is 11.0 Å². The normalized spacial score (nSPS) is 10.3. The van der Waals surface area contributed by atoms with E-state index in [0.717, 1.165) is 26.4 Å². The Morgan fingerprint density at radius 3 is 2.73 bits per heavy atom. The quantitative estimate of drug-likeness (QED) is 0.849. The first kappa shape index (κ1) is 11.3. The molecule has 15 heavy (non-hydrogen) atoms. The fourth-order valence-corrected chi connectivity index (χ4v) is 2.32. The van der Waals surface area contributed by atoms with Crippen LogP contribution in [0.25, 0.3) is 0 Å². The van der Waals surface area contributed by atoms with Gasteiger partial charge < -0.3 is 5.32 Å². The molecule has 1 aromatic carbocycles. The van der Waals surface area contributed by atoms with Crippen LogP contribution in [0.1, 0.15) is 0 Å². The predicted octanol–water partition coefficient (Wildman–Crippen LogP) is 4.46. The highest BCUT2D eigenvalue weighted by Crippen LogP contribution is 2.30. The SMILES string of the molecule is Clc1nsnc1Nc1cc(Br)ccc1Br. The van der Waals surface area contributed by atoms with E-state index in [2.05, 4.69) is 45.9 Å². The van der Waals surface area contributed by atoms with Crippen LogP contribution in [0, 0.1) is 0 Å². The molecular formula is C8H4Br2ClN3S. The summed E-state index contributed by atoms with van der Waals surface area (Å²) in [5, 5.41) is 3.47. The minimum atomic E-state index is 0.381. The highest BCUT2D eigenvalue weighted by molar-refractivity contribution is 9.11. The topological polar surface area (TPSA) is 37.8 Å². The second-order valence-corrected chi connectivity index (χ2v) is 5.31. The van der Waals surface area contributed by atoms with Crippen LogP contribution in [0.5, 0.6) is 0 Å². The summed E-state index contributed by atoms with van der Waals surface area (Å²) in [6, 6.07) is 5.80. The molecule has 0 saturated carbocycles. The van der Waals surface area contributed by atoms with Crippen LogP contribution in [-0.4, -0.2) is 8.75 Å². The van der Waals surface area contributed by atoms with Crippen molar-refractivity contribution >= 4 is 66.7 Å².